The minimum atomic E-state index is -0.853. The van der Waals surface area contributed by atoms with E-state index in [1.54, 1.807) is 6.92 Å². The van der Waals surface area contributed by atoms with E-state index in [-0.39, 0.29) is 24.4 Å². The van der Waals surface area contributed by atoms with Gasteiger partial charge in [0.25, 0.3) is 5.91 Å². The van der Waals surface area contributed by atoms with Gasteiger partial charge in [-0.25, -0.2) is 4.79 Å². The lowest BCUT2D eigenvalue weighted by Crippen LogP contribution is -2.56. The number of carbonyl (C=O) groups is 2. The summed E-state index contributed by atoms with van der Waals surface area (Å²) in [5.74, 6) is 5.71. The van der Waals surface area contributed by atoms with Crippen LogP contribution in [0, 0.1) is 17.8 Å². The highest BCUT2D eigenvalue weighted by Crippen LogP contribution is 2.38. The number of urea groups is 1. The Bertz CT molecular complexity index is 1320. The summed E-state index contributed by atoms with van der Waals surface area (Å²) in [7, 11) is 0. The summed E-state index contributed by atoms with van der Waals surface area (Å²) in [5, 5.41) is 4.32. The van der Waals surface area contributed by atoms with Gasteiger partial charge in [-0.3, -0.25) is 19.6 Å². The first-order chi connectivity index (χ1) is 18.1. The predicted octanol–water partition coefficient (Wildman–Crippen LogP) is 4.78. The van der Waals surface area contributed by atoms with Crippen LogP contribution >= 0.6 is 0 Å². The van der Waals surface area contributed by atoms with Gasteiger partial charge in [-0.05, 0) is 75.2 Å². The van der Waals surface area contributed by atoms with Gasteiger partial charge in [0.05, 0.1) is 12.1 Å². The molecule has 0 bridgehead atoms. The summed E-state index contributed by atoms with van der Waals surface area (Å²) in [6.45, 7) is 4.47. The van der Waals surface area contributed by atoms with Crippen LogP contribution in [0.25, 0.3) is 10.9 Å². The number of aromatic nitrogens is 1. The number of benzene rings is 2. The number of pyridine rings is 1. The van der Waals surface area contributed by atoms with Crippen molar-refractivity contribution in [3.8, 4) is 11.8 Å². The Balaban J connectivity index is 1.30. The average Bonchev–Trinajstić information content (AvgIpc) is 3.18. The normalized spacial score (nSPS) is 20.6. The number of nitrogens with zero attached hydrogens (tertiary/aromatic N) is 3. The Labute approximate surface area is 219 Å². The third-order valence-corrected chi connectivity index (χ3v) is 7.89. The molecule has 1 N–H and O–H groups in total. The number of para-hydroxylation sites is 1. The zero-order valence-corrected chi connectivity index (χ0v) is 21.5. The van der Waals surface area contributed by atoms with Crippen LogP contribution in [0.2, 0.25) is 0 Å². The highest BCUT2D eigenvalue weighted by atomic mass is 16.2. The topological polar surface area (TPSA) is 65.5 Å². The molecular formula is C31H34N4O2. The first-order valence-corrected chi connectivity index (χ1v) is 13.2. The fourth-order valence-corrected chi connectivity index (χ4v) is 5.93. The van der Waals surface area contributed by atoms with E-state index in [2.05, 4.69) is 63.4 Å². The minimum absolute atomic E-state index is 0.0983. The van der Waals surface area contributed by atoms with Crippen LogP contribution in [0.1, 0.15) is 43.7 Å². The van der Waals surface area contributed by atoms with Gasteiger partial charge in [0.15, 0.2) is 0 Å². The van der Waals surface area contributed by atoms with Crippen LogP contribution in [0.3, 0.4) is 0 Å². The van der Waals surface area contributed by atoms with E-state index in [0.717, 1.165) is 56.2 Å². The molecule has 37 heavy (non-hydrogen) atoms. The molecule has 3 aromatic rings. The maximum atomic E-state index is 13.8. The second-order valence-electron chi connectivity index (χ2n) is 10.1. The number of likely N-dealkylation sites (tertiary alicyclic amines) is 1. The molecule has 2 fully saturated rings. The molecule has 2 saturated heterocycles. The zero-order valence-electron chi connectivity index (χ0n) is 21.5. The molecule has 6 heteroatoms. The summed E-state index contributed by atoms with van der Waals surface area (Å²) in [6.07, 6.45) is 5.94. The number of aryl methyl sites for hydroxylation is 1. The first kappa shape index (κ1) is 25.0. The fraction of sp³-hybridized carbons (Fsp3) is 0.387. The molecule has 0 spiro atoms. The number of amides is 3. The quantitative estimate of drug-likeness (QED) is 0.361. The van der Waals surface area contributed by atoms with E-state index in [4.69, 9.17) is 0 Å². The van der Waals surface area contributed by atoms with Crippen molar-refractivity contribution in [2.75, 3.05) is 19.6 Å². The number of nitrogens with one attached hydrogen (secondary N) is 1. The van der Waals surface area contributed by atoms with Gasteiger partial charge < -0.3 is 5.32 Å². The third kappa shape index (κ3) is 5.23. The van der Waals surface area contributed by atoms with Crippen molar-refractivity contribution in [1.29, 1.82) is 0 Å². The lowest BCUT2D eigenvalue weighted by molar-refractivity contribution is -0.134. The van der Waals surface area contributed by atoms with Crippen LogP contribution in [-0.4, -0.2) is 51.9 Å². The largest absolute Gasteiger partial charge is 0.325 e. The molecule has 2 aliphatic rings. The minimum Gasteiger partial charge on any atom is -0.323 e. The Hall–Kier alpha value is -3.69. The Morgan fingerprint density at radius 1 is 1.03 bits per heavy atom. The highest BCUT2D eigenvalue weighted by molar-refractivity contribution is 6.07. The number of hydrogen-bond donors (Lipinski definition) is 1. The van der Waals surface area contributed by atoms with E-state index in [1.807, 2.05) is 30.5 Å². The van der Waals surface area contributed by atoms with Gasteiger partial charge in [0, 0.05) is 18.1 Å². The molecule has 5 rings (SSSR count). The molecule has 1 aromatic heterocycles. The smallest absolute Gasteiger partial charge is 0.323 e. The molecule has 1 atom stereocenters. The SMILES string of the molecule is CC#CCN1C(=O)NC(CCCc2ccccc2)(C2CCN(Cc3cccc4cccnc34)CC2)C1=O. The fourth-order valence-electron chi connectivity index (χ4n) is 5.93. The van der Waals surface area contributed by atoms with Gasteiger partial charge in [-0.1, -0.05) is 60.5 Å². The Morgan fingerprint density at radius 2 is 1.81 bits per heavy atom. The summed E-state index contributed by atoms with van der Waals surface area (Å²) in [5.41, 5.74) is 2.68. The van der Waals surface area contributed by atoms with E-state index < -0.39 is 5.54 Å². The monoisotopic (exact) mass is 494 g/mol. The molecule has 3 heterocycles. The number of rotatable bonds is 8. The van der Waals surface area contributed by atoms with Crippen LogP contribution in [0.5, 0.6) is 0 Å². The molecule has 2 aromatic carbocycles. The second-order valence-corrected chi connectivity index (χ2v) is 10.1. The van der Waals surface area contributed by atoms with Crippen LogP contribution in [0.4, 0.5) is 4.79 Å². The van der Waals surface area contributed by atoms with Crippen molar-refractivity contribution in [3.63, 3.8) is 0 Å². The maximum Gasteiger partial charge on any atom is 0.325 e. The lowest BCUT2D eigenvalue weighted by atomic mass is 9.74. The van der Waals surface area contributed by atoms with Crippen LogP contribution in [0.15, 0.2) is 66.9 Å². The van der Waals surface area contributed by atoms with E-state index in [1.165, 1.54) is 16.0 Å². The summed E-state index contributed by atoms with van der Waals surface area (Å²) in [6, 6.07) is 20.4. The van der Waals surface area contributed by atoms with Crippen molar-refractivity contribution in [3.05, 3.63) is 78.0 Å². The van der Waals surface area contributed by atoms with Crippen molar-refractivity contribution < 1.29 is 9.59 Å². The molecule has 1 unspecified atom stereocenters. The Kier molecular flexibility index (Phi) is 7.52. The number of fused-ring (bicyclic) bond motifs is 1. The second kappa shape index (κ2) is 11.1. The zero-order chi connectivity index (χ0) is 25.7. The molecular weight excluding hydrogens is 460 g/mol. The summed E-state index contributed by atoms with van der Waals surface area (Å²) < 4.78 is 0. The summed E-state index contributed by atoms with van der Waals surface area (Å²) in [4.78, 5) is 35.0. The van der Waals surface area contributed by atoms with Crippen molar-refractivity contribution in [2.45, 2.75) is 51.1 Å². The molecule has 2 aliphatic heterocycles. The molecule has 6 nitrogen and oxygen atoms in total. The van der Waals surface area contributed by atoms with Crippen molar-refractivity contribution in [1.82, 2.24) is 20.1 Å². The number of piperidine rings is 1. The van der Waals surface area contributed by atoms with Crippen LogP contribution < -0.4 is 5.32 Å². The van der Waals surface area contributed by atoms with Gasteiger partial charge >= 0.3 is 6.03 Å². The Morgan fingerprint density at radius 3 is 2.59 bits per heavy atom. The lowest BCUT2D eigenvalue weighted by Gasteiger charge is -2.41. The maximum absolute atomic E-state index is 13.8. The molecule has 0 aliphatic carbocycles. The number of hydrogen-bond acceptors (Lipinski definition) is 4. The van der Waals surface area contributed by atoms with Crippen molar-refractivity contribution in [2.24, 2.45) is 5.92 Å². The highest BCUT2D eigenvalue weighted by Gasteiger charge is 2.55. The van der Waals surface area contributed by atoms with Crippen LogP contribution in [-0.2, 0) is 17.8 Å². The third-order valence-electron chi connectivity index (χ3n) is 7.89. The van der Waals surface area contributed by atoms with Gasteiger partial charge in [0.1, 0.15) is 5.54 Å². The average molecular weight is 495 g/mol. The number of imide groups is 1. The molecule has 0 saturated carbocycles. The van der Waals surface area contributed by atoms with E-state index in [0.29, 0.717) is 6.42 Å². The van der Waals surface area contributed by atoms with Crippen molar-refractivity contribution >= 4 is 22.8 Å². The standard InChI is InChI=1S/C31H34N4O2/c1-2-3-20-35-29(36)31(33-30(35)37,18-8-12-24-10-5-4-6-11-24)27-16-21-34(22-17-27)23-26-14-7-13-25-15-9-19-32-28(25)26/h4-7,9-11,13-15,19,27H,8,12,16-18,20-23H2,1H3,(H,33,37). The van der Waals surface area contributed by atoms with E-state index in [9.17, 15) is 9.59 Å². The molecule has 3 amide bonds. The van der Waals surface area contributed by atoms with Gasteiger partial charge in [-0.2, -0.15) is 0 Å². The number of carbonyl (C=O) groups excluding carboxylic acids is 2. The predicted molar refractivity (Wildman–Crippen MR) is 146 cm³/mol. The van der Waals surface area contributed by atoms with Gasteiger partial charge in [-0.15, -0.1) is 5.92 Å². The first-order valence-electron chi connectivity index (χ1n) is 13.2. The van der Waals surface area contributed by atoms with Gasteiger partial charge in [0.2, 0.25) is 0 Å². The molecule has 0 radical (unpaired) electrons. The van der Waals surface area contributed by atoms with E-state index >= 15 is 0 Å². The molecule has 190 valence electrons. The summed E-state index contributed by atoms with van der Waals surface area (Å²) >= 11 is 0.